The minimum absolute atomic E-state index is 0.147. The van der Waals surface area contributed by atoms with E-state index in [-0.39, 0.29) is 12.0 Å². The van der Waals surface area contributed by atoms with Crippen LogP contribution in [0.4, 0.5) is 11.4 Å². The number of allylic oxidation sites excluding steroid dienone is 2. The Balaban J connectivity index is 1.03. The zero-order valence-electron chi connectivity index (χ0n) is 31.1. The molecular formula is C54H36N2O. The topological polar surface area (TPSA) is 21.3 Å². The molecule has 0 saturated heterocycles. The van der Waals surface area contributed by atoms with Crippen LogP contribution in [0.25, 0.3) is 82.8 Å². The maximum atomic E-state index is 6.39. The van der Waals surface area contributed by atoms with E-state index in [2.05, 4.69) is 216 Å². The first kappa shape index (κ1) is 31.9. The summed E-state index contributed by atoms with van der Waals surface area (Å²) in [7, 11) is 0. The lowest BCUT2D eigenvalue weighted by atomic mass is 9.91. The molecule has 0 spiro atoms. The van der Waals surface area contributed by atoms with Crippen LogP contribution in [0.1, 0.15) is 11.5 Å². The number of furan rings is 1. The standard InChI is InChI=1S/C54H36N2O/c1-3-13-35(14-4-1)37-23-27-53-47(32-37)48-33-38(24-28-54(48)57-53)40-29-39(36-15-5-2-6-16-36)30-42(31-40)56-51-22-12-9-19-45(51)46-34-41(25-26-52(46)56)55-49-20-10-7-17-43(49)44-18-8-11-21-50(44)55/h1-34,45,51H. The molecule has 2 aliphatic rings. The molecule has 2 aromatic heterocycles. The van der Waals surface area contributed by atoms with Crippen molar-refractivity contribution >= 4 is 55.1 Å². The Hall–Kier alpha value is -7.36. The van der Waals surface area contributed by atoms with E-state index in [0.717, 1.165) is 27.5 Å². The van der Waals surface area contributed by atoms with Crippen molar-refractivity contribution in [3.63, 3.8) is 0 Å². The molecule has 0 saturated carbocycles. The number of aromatic nitrogens is 1. The van der Waals surface area contributed by atoms with Gasteiger partial charge in [-0.15, -0.1) is 0 Å². The normalized spacial score (nSPS) is 15.9. The van der Waals surface area contributed by atoms with Gasteiger partial charge in [-0.3, -0.25) is 0 Å². The van der Waals surface area contributed by atoms with Crippen molar-refractivity contribution in [2.24, 2.45) is 0 Å². The molecule has 0 amide bonds. The molecule has 3 heterocycles. The molecule has 0 bridgehead atoms. The molecule has 1 aliphatic heterocycles. The third-order valence-corrected chi connectivity index (χ3v) is 12.1. The quantitative estimate of drug-likeness (QED) is 0.176. The van der Waals surface area contributed by atoms with Gasteiger partial charge in [0.15, 0.2) is 0 Å². The van der Waals surface area contributed by atoms with Crippen LogP contribution in [-0.2, 0) is 0 Å². The van der Waals surface area contributed by atoms with Crippen molar-refractivity contribution in [3.05, 3.63) is 212 Å². The molecule has 2 atom stereocenters. The van der Waals surface area contributed by atoms with E-state index in [1.807, 2.05) is 0 Å². The smallest absolute Gasteiger partial charge is 0.135 e. The second kappa shape index (κ2) is 12.6. The molecule has 12 rings (SSSR count). The van der Waals surface area contributed by atoms with Crippen LogP contribution in [0.2, 0.25) is 0 Å². The van der Waals surface area contributed by atoms with E-state index >= 15 is 0 Å². The average molecular weight is 729 g/mol. The van der Waals surface area contributed by atoms with E-state index in [4.69, 9.17) is 4.42 Å². The third kappa shape index (κ3) is 5.06. The monoisotopic (exact) mass is 728 g/mol. The van der Waals surface area contributed by atoms with Gasteiger partial charge in [-0.05, 0) is 112 Å². The van der Waals surface area contributed by atoms with Crippen LogP contribution < -0.4 is 4.90 Å². The third-order valence-electron chi connectivity index (χ3n) is 12.1. The first-order chi connectivity index (χ1) is 28.2. The summed E-state index contributed by atoms with van der Waals surface area (Å²) in [4.78, 5) is 2.56. The van der Waals surface area contributed by atoms with Crippen molar-refractivity contribution < 1.29 is 4.42 Å². The predicted molar refractivity (Wildman–Crippen MR) is 238 cm³/mol. The van der Waals surface area contributed by atoms with Gasteiger partial charge in [-0.25, -0.2) is 0 Å². The Labute approximate surface area is 330 Å². The van der Waals surface area contributed by atoms with Crippen molar-refractivity contribution in [2.45, 2.75) is 12.0 Å². The van der Waals surface area contributed by atoms with Crippen LogP contribution >= 0.6 is 0 Å². The van der Waals surface area contributed by atoms with Gasteiger partial charge in [0.2, 0.25) is 0 Å². The fourth-order valence-electron chi connectivity index (χ4n) is 9.45. The lowest BCUT2D eigenvalue weighted by Gasteiger charge is -2.29. The van der Waals surface area contributed by atoms with Crippen molar-refractivity contribution in [2.75, 3.05) is 4.90 Å². The Morgan fingerprint density at radius 3 is 1.61 bits per heavy atom. The fraction of sp³-hybridized carbons (Fsp3) is 0.0370. The first-order valence-corrected chi connectivity index (χ1v) is 19.7. The van der Waals surface area contributed by atoms with E-state index in [1.54, 1.807) is 0 Å². The van der Waals surface area contributed by atoms with Gasteiger partial charge in [-0.2, -0.15) is 0 Å². The number of anilines is 2. The summed E-state index contributed by atoms with van der Waals surface area (Å²) in [5.41, 5.74) is 16.3. The number of nitrogens with zero attached hydrogens (tertiary/aromatic N) is 2. The molecule has 0 fully saturated rings. The minimum atomic E-state index is 0.147. The molecule has 0 N–H and O–H groups in total. The van der Waals surface area contributed by atoms with Crippen LogP contribution in [0, 0.1) is 0 Å². The molecule has 8 aromatic carbocycles. The van der Waals surface area contributed by atoms with Gasteiger partial charge < -0.3 is 13.9 Å². The predicted octanol–water partition coefficient (Wildman–Crippen LogP) is 14.4. The van der Waals surface area contributed by atoms with Crippen molar-refractivity contribution in [3.8, 4) is 39.1 Å². The highest BCUT2D eigenvalue weighted by molar-refractivity contribution is 6.10. The van der Waals surface area contributed by atoms with E-state index in [0.29, 0.717) is 0 Å². The zero-order chi connectivity index (χ0) is 37.5. The Morgan fingerprint density at radius 1 is 0.386 bits per heavy atom. The lowest BCUT2D eigenvalue weighted by molar-refractivity contribution is 0.669. The second-order valence-electron chi connectivity index (χ2n) is 15.3. The highest BCUT2D eigenvalue weighted by Crippen LogP contribution is 2.50. The largest absolute Gasteiger partial charge is 0.456 e. The lowest BCUT2D eigenvalue weighted by Crippen LogP contribution is -2.28. The van der Waals surface area contributed by atoms with Gasteiger partial charge in [0.25, 0.3) is 0 Å². The second-order valence-corrected chi connectivity index (χ2v) is 15.3. The molecule has 3 nitrogen and oxygen atoms in total. The number of hydrogen-bond acceptors (Lipinski definition) is 2. The Morgan fingerprint density at radius 2 is 0.947 bits per heavy atom. The van der Waals surface area contributed by atoms with Crippen molar-refractivity contribution in [1.29, 1.82) is 0 Å². The van der Waals surface area contributed by atoms with Gasteiger partial charge in [-0.1, -0.05) is 133 Å². The van der Waals surface area contributed by atoms with Crippen LogP contribution in [0.3, 0.4) is 0 Å². The van der Waals surface area contributed by atoms with E-state index in [9.17, 15) is 0 Å². The molecular weight excluding hydrogens is 693 g/mol. The van der Waals surface area contributed by atoms with Gasteiger partial charge in [0.1, 0.15) is 11.2 Å². The average Bonchev–Trinajstić information content (AvgIpc) is 3.94. The summed E-state index contributed by atoms with van der Waals surface area (Å²) < 4.78 is 8.82. The van der Waals surface area contributed by atoms with Crippen LogP contribution in [0.15, 0.2) is 211 Å². The molecule has 57 heavy (non-hydrogen) atoms. The number of para-hydroxylation sites is 2. The highest BCUT2D eigenvalue weighted by atomic mass is 16.3. The molecule has 3 heteroatoms. The van der Waals surface area contributed by atoms with Crippen LogP contribution in [-0.4, -0.2) is 10.6 Å². The zero-order valence-corrected chi connectivity index (χ0v) is 31.1. The maximum Gasteiger partial charge on any atom is 0.135 e. The molecule has 268 valence electrons. The summed E-state index contributed by atoms with van der Waals surface area (Å²) in [6.07, 6.45) is 9.16. The first-order valence-electron chi connectivity index (χ1n) is 19.7. The maximum absolute atomic E-state index is 6.39. The molecule has 0 radical (unpaired) electrons. The molecule has 2 unspecified atom stereocenters. The molecule has 1 aliphatic carbocycles. The van der Waals surface area contributed by atoms with Gasteiger partial charge in [0.05, 0.1) is 17.1 Å². The summed E-state index contributed by atoms with van der Waals surface area (Å²) in [5, 5.41) is 4.80. The number of rotatable bonds is 5. The Bertz CT molecular complexity index is 3200. The van der Waals surface area contributed by atoms with Gasteiger partial charge >= 0.3 is 0 Å². The van der Waals surface area contributed by atoms with E-state index < -0.39 is 0 Å². The summed E-state index contributed by atoms with van der Waals surface area (Å²) in [6, 6.07) is 66.3. The van der Waals surface area contributed by atoms with Gasteiger partial charge in [0, 0.05) is 44.5 Å². The van der Waals surface area contributed by atoms with E-state index in [1.165, 1.54) is 72.2 Å². The SMILES string of the molecule is C1=CC2c3cc(-n4c5ccccc5c5ccccc54)ccc3N(c3cc(-c4ccccc4)cc(-c4ccc5oc6ccc(-c7ccccc7)cc6c5c4)c3)C2C=C1. The fourth-order valence-corrected chi connectivity index (χ4v) is 9.45. The number of fused-ring (bicyclic) bond motifs is 9. The summed E-state index contributed by atoms with van der Waals surface area (Å²) in [5.74, 6) is 0.217. The number of benzene rings is 8. The highest BCUT2D eigenvalue weighted by Gasteiger charge is 2.38. The Kier molecular flexibility index (Phi) is 7.05. The minimum Gasteiger partial charge on any atom is -0.456 e. The summed E-state index contributed by atoms with van der Waals surface area (Å²) >= 11 is 0. The summed E-state index contributed by atoms with van der Waals surface area (Å²) in [6.45, 7) is 0. The van der Waals surface area contributed by atoms with Crippen molar-refractivity contribution in [1.82, 2.24) is 4.57 Å². The molecule has 10 aromatic rings. The number of hydrogen-bond donors (Lipinski definition) is 0. The van der Waals surface area contributed by atoms with Crippen LogP contribution in [0.5, 0.6) is 0 Å².